The Morgan fingerprint density at radius 1 is 0.375 bits per heavy atom. The van der Waals surface area contributed by atoms with Crippen molar-refractivity contribution in [3.05, 3.63) is 216 Å². The zero-order valence-corrected chi connectivity index (χ0v) is 30.3. The molecule has 8 aromatic carbocycles. The van der Waals surface area contributed by atoms with Gasteiger partial charge in [-0.2, -0.15) is 0 Å². The Balaban J connectivity index is 1.11. The van der Waals surface area contributed by atoms with E-state index in [1.807, 2.05) is 12.1 Å². The van der Waals surface area contributed by atoms with E-state index in [0.717, 1.165) is 39.2 Å². The predicted octanol–water partition coefficient (Wildman–Crippen LogP) is 12.3. The number of nitrogens with zero attached hydrogens (tertiary/aromatic N) is 4. The van der Waals surface area contributed by atoms with Crippen molar-refractivity contribution in [1.29, 1.82) is 0 Å². The minimum atomic E-state index is -0.557. The topological polar surface area (TPSA) is 43.6 Å². The molecule has 12 rings (SSSR count). The quantitative estimate of drug-likeness (QED) is 0.182. The van der Waals surface area contributed by atoms with Gasteiger partial charge in [0.05, 0.1) is 22.1 Å². The molecule has 0 saturated carbocycles. The highest BCUT2D eigenvalue weighted by Crippen LogP contribution is 2.62. The van der Waals surface area contributed by atoms with Crippen molar-refractivity contribution in [3.63, 3.8) is 0 Å². The van der Waals surface area contributed by atoms with Crippen LogP contribution in [0.3, 0.4) is 0 Å². The van der Waals surface area contributed by atoms with E-state index in [2.05, 4.69) is 187 Å². The Morgan fingerprint density at radius 3 is 1.79 bits per heavy atom. The molecule has 1 aliphatic carbocycles. The Kier molecular flexibility index (Phi) is 6.52. The first kappa shape index (κ1) is 31.0. The van der Waals surface area contributed by atoms with Crippen molar-refractivity contribution in [1.82, 2.24) is 19.7 Å². The first-order valence-corrected chi connectivity index (χ1v) is 19.1. The Morgan fingerprint density at radius 2 is 0.946 bits per heavy atom. The van der Waals surface area contributed by atoms with Crippen LogP contribution < -0.4 is 0 Å². The molecule has 10 aromatic rings. The van der Waals surface area contributed by atoms with Crippen LogP contribution >= 0.6 is 0 Å². The largest absolute Gasteiger partial charge is 0.309 e. The highest BCUT2D eigenvalue weighted by atomic mass is 15.2. The van der Waals surface area contributed by atoms with Crippen LogP contribution in [0.5, 0.6) is 0 Å². The Bertz CT molecular complexity index is 3180. The number of fused-ring (bicyclic) bond motifs is 12. The fourth-order valence-electron chi connectivity index (χ4n) is 9.68. The lowest BCUT2D eigenvalue weighted by atomic mass is 9.65. The summed E-state index contributed by atoms with van der Waals surface area (Å²) in [6.07, 6.45) is 0. The lowest BCUT2D eigenvalue weighted by Gasteiger charge is -2.39. The van der Waals surface area contributed by atoms with Gasteiger partial charge in [0.2, 0.25) is 0 Å². The Labute approximate surface area is 324 Å². The lowest BCUT2D eigenvalue weighted by Crippen LogP contribution is -2.33. The van der Waals surface area contributed by atoms with Crippen LogP contribution in [0.25, 0.3) is 83.6 Å². The van der Waals surface area contributed by atoms with Crippen LogP contribution in [0.1, 0.15) is 22.3 Å². The van der Waals surface area contributed by atoms with Gasteiger partial charge in [0, 0.05) is 27.5 Å². The second-order valence-electron chi connectivity index (χ2n) is 14.7. The number of hydrogen-bond acceptors (Lipinski definition) is 3. The molecule has 1 spiro atoms. The van der Waals surface area contributed by atoms with Crippen molar-refractivity contribution < 1.29 is 0 Å². The molecule has 1 atom stereocenters. The number of aromatic nitrogens is 4. The first-order valence-electron chi connectivity index (χ1n) is 19.1. The van der Waals surface area contributed by atoms with Gasteiger partial charge in [-0.05, 0) is 56.6 Å². The fraction of sp³-hybridized carbons (Fsp3) is 0.0192. The van der Waals surface area contributed by atoms with E-state index in [1.165, 1.54) is 60.9 Å². The van der Waals surface area contributed by atoms with Crippen LogP contribution in [-0.2, 0) is 5.41 Å². The summed E-state index contributed by atoms with van der Waals surface area (Å²) in [4.78, 5) is 5.42. The standard InChI is InChI=1S/C52H32N4/c1-3-15-33(16-4-1)34-29-31-36(32-30-34)49-48(35-17-5-2-6-18-35)53-51(55-54-49)40-22-14-25-43-47(40)39-20-7-9-23-41(39)52(43)42-24-10-12-28-46(42)56-45-27-11-8-19-37(45)38-21-13-26-44(52)50(38)56/h1-32H. The third-order valence-electron chi connectivity index (χ3n) is 12.0. The van der Waals surface area contributed by atoms with E-state index in [1.54, 1.807) is 0 Å². The molecule has 0 amide bonds. The normalized spacial score (nSPS) is 14.9. The van der Waals surface area contributed by atoms with Gasteiger partial charge in [0.1, 0.15) is 11.4 Å². The van der Waals surface area contributed by atoms with E-state index in [4.69, 9.17) is 15.2 Å². The van der Waals surface area contributed by atoms with E-state index < -0.39 is 5.41 Å². The van der Waals surface area contributed by atoms with Crippen LogP contribution in [-0.4, -0.2) is 19.7 Å². The van der Waals surface area contributed by atoms with Gasteiger partial charge in [0.25, 0.3) is 0 Å². The Hall–Kier alpha value is -7.43. The smallest absolute Gasteiger partial charge is 0.183 e. The molecule has 1 aliphatic heterocycles. The molecule has 0 N–H and O–H groups in total. The number of para-hydroxylation sites is 3. The second-order valence-corrected chi connectivity index (χ2v) is 14.7. The van der Waals surface area contributed by atoms with E-state index in [9.17, 15) is 0 Å². The lowest BCUT2D eigenvalue weighted by molar-refractivity contribution is 0.748. The second kappa shape index (κ2) is 11.8. The minimum Gasteiger partial charge on any atom is -0.309 e. The maximum atomic E-state index is 5.42. The van der Waals surface area contributed by atoms with Gasteiger partial charge in [-0.3, -0.25) is 0 Å². The highest BCUT2D eigenvalue weighted by molar-refractivity contribution is 6.13. The van der Waals surface area contributed by atoms with Gasteiger partial charge in [-0.25, -0.2) is 4.98 Å². The summed E-state index contributed by atoms with van der Waals surface area (Å²) >= 11 is 0. The molecule has 0 radical (unpaired) electrons. The van der Waals surface area contributed by atoms with Crippen LogP contribution in [0, 0.1) is 0 Å². The van der Waals surface area contributed by atoms with Gasteiger partial charge < -0.3 is 4.57 Å². The van der Waals surface area contributed by atoms with Gasteiger partial charge in [-0.15, -0.1) is 10.2 Å². The first-order chi connectivity index (χ1) is 27.8. The number of hydrogen-bond donors (Lipinski definition) is 0. The van der Waals surface area contributed by atoms with Crippen molar-refractivity contribution in [2.24, 2.45) is 0 Å². The fourth-order valence-corrected chi connectivity index (χ4v) is 9.68. The molecule has 2 aliphatic rings. The van der Waals surface area contributed by atoms with Crippen LogP contribution in [0.15, 0.2) is 194 Å². The molecular formula is C52H32N4. The van der Waals surface area contributed by atoms with Crippen molar-refractivity contribution in [2.75, 3.05) is 0 Å². The molecule has 3 heterocycles. The summed E-state index contributed by atoms with van der Waals surface area (Å²) in [5.41, 5.74) is 17.4. The molecule has 56 heavy (non-hydrogen) atoms. The van der Waals surface area contributed by atoms with E-state index >= 15 is 0 Å². The van der Waals surface area contributed by atoms with Gasteiger partial charge in [0.15, 0.2) is 5.82 Å². The summed E-state index contributed by atoms with van der Waals surface area (Å²) in [6.45, 7) is 0. The molecule has 0 fully saturated rings. The van der Waals surface area contributed by atoms with Gasteiger partial charge >= 0.3 is 0 Å². The highest BCUT2D eigenvalue weighted by Gasteiger charge is 2.51. The SMILES string of the molecule is c1ccc(-c2ccc(-c3nnc(-c4cccc5c4-c4ccccc4C54c5ccccc5-n5c6ccccc6c6cccc4c65)nc3-c3ccccc3)cc2)cc1. The molecule has 2 aromatic heterocycles. The molecule has 1 unspecified atom stereocenters. The summed E-state index contributed by atoms with van der Waals surface area (Å²) in [6, 6.07) is 69.6. The molecule has 4 heteroatoms. The maximum absolute atomic E-state index is 5.42. The van der Waals surface area contributed by atoms with Crippen molar-refractivity contribution >= 4 is 21.8 Å². The molecular weight excluding hydrogens is 681 g/mol. The predicted molar refractivity (Wildman–Crippen MR) is 227 cm³/mol. The van der Waals surface area contributed by atoms with Crippen molar-refractivity contribution in [3.8, 4) is 61.8 Å². The van der Waals surface area contributed by atoms with Gasteiger partial charge in [-0.1, -0.05) is 182 Å². The molecule has 0 saturated heterocycles. The summed E-state index contributed by atoms with van der Waals surface area (Å²) in [5, 5.41) is 12.5. The van der Waals surface area contributed by atoms with E-state index in [0.29, 0.717) is 5.82 Å². The summed E-state index contributed by atoms with van der Waals surface area (Å²) in [5.74, 6) is 0.605. The third kappa shape index (κ3) is 4.15. The zero-order valence-electron chi connectivity index (χ0n) is 30.3. The molecule has 0 bridgehead atoms. The van der Waals surface area contributed by atoms with E-state index in [-0.39, 0.29) is 0 Å². The molecule has 260 valence electrons. The number of benzene rings is 8. The monoisotopic (exact) mass is 712 g/mol. The average molecular weight is 713 g/mol. The summed E-state index contributed by atoms with van der Waals surface area (Å²) in [7, 11) is 0. The average Bonchev–Trinajstić information content (AvgIpc) is 3.78. The zero-order chi connectivity index (χ0) is 36.8. The third-order valence-corrected chi connectivity index (χ3v) is 12.0. The number of rotatable bonds is 4. The molecule has 4 nitrogen and oxygen atoms in total. The van der Waals surface area contributed by atoms with Crippen LogP contribution in [0.4, 0.5) is 0 Å². The van der Waals surface area contributed by atoms with Crippen molar-refractivity contribution in [2.45, 2.75) is 5.41 Å². The minimum absolute atomic E-state index is 0.557. The van der Waals surface area contributed by atoms with Crippen LogP contribution in [0.2, 0.25) is 0 Å². The summed E-state index contributed by atoms with van der Waals surface area (Å²) < 4.78 is 2.48. The maximum Gasteiger partial charge on any atom is 0.183 e.